The van der Waals surface area contributed by atoms with E-state index in [0.29, 0.717) is 11.0 Å². The van der Waals surface area contributed by atoms with Crippen molar-refractivity contribution in [3.63, 3.8) is 0 Å². The number of aromatic nitrogens is 1. The molecule has 9 aromatic carbocycles. The number of alkyl halides is 3. The Morgan fingerprint density at radius 2 is 0.576 bits per heavy atom. The van der Waals surface area contributed by atoms with Crippen LogP contribution >= 0.6 is 0 Å². The van der Waals surface area contributed by atoms with Crippen molar-refractivity contribution in [3.05, 3.63) is 224 Å². The van der Waals surface area contributed by atoms with Crippen molar-refractivity contribution in [2.24, 2.45) is 0 Å². The molecule has 0 radical (unpaired) electrons. The van der Waals surface area contributed by atoms with Crippen LogP contribution in [0.3, 0.4) is 0 Å². The van der Waals surface area contributed by atoms with E-state index in [-0.39, 0.29) is 5.69 Å². The zero-order valence-electron chi connectivity index (χ0n) is 31.9. The predicted molar refractivity (Wildman–Crippen MR) is 238 cm³/mol. The molecule has 0 aliphatic rings. The van der Waals surface area contributed by atoms with Gasteiger partial charge in [-0.15, -0.1) is 0 Å². The molecule has 0 aliphatic heterocycles. The van der Waals surface area contributed by atoms with E-state index in [4.69, 9.17) is 0 Å². The molecule has 0 N–H and O–H groups in total. The van der Waals surface area contributed by atoms with Crippen LogP contribution in [0, 0.1) is 0 Å². The molecule has 59 heavy (non-hydrogen) atoms. The molecule has 282 valence electrons. The number of fused-ring (bicyclic) bond motifs is 3. The fourth-order valence-electron chi connectivity index (χ4n) is 8.33. The first kappa shape index (κ1) is 35.9. The van der Waals surface area contributed by atoms with Gasteiger partial charge in [0.2, 0.25) is 0 Å². The Labute approximate surface area is 340 Å². The maximum atomic E-state index is 14.7. The summed E-state index contributed by atoms with van der Waals surface area (Å²) in [5, 5.41) is 1.73. The van der Waals surface area contributed by atoms with E-state index in [1.165, 1.54) is 6.07 Å². The molecule has 10 aromatic rings. The molecule has 0 saturated heterocycles. The lowest BCUT2D eigenvalue weighted by Crippen LogP contribution is -2.10. The molecule has 10 rings (SSSR count). The van der Waals surface area contributed by atoms with Crippen LogP contribution in [0.5, 0.6) is 0 Å². The van der Waals surface area contributed by atoms with Crippen molar-refractivity contribution in [2.45, 2.75) is 6.18 Å². The standard InChI is InChI=1S/C55H36F3N/c56-55(57,58)51-23-13-14-24-54(51)59-52-27-25-41(47-31-43(37-15-5-1-6-16-37)29-44(32-47)38-17-7-2-8-18-38)35-49(52)50-36-42(26-28-53(50)59)48-33-45(39-19-9-3-10-20-39)30-46(34-48)40-21-11-4-12-22-40/h1-36H. The van der Waals surface area contributed by atoms with Gasteiger partial charge in [0.25, 0.3) is 0 Å². The molecule has 1 heterocycles. The fourth-order valence-corrected chi connectivity index (χ4v) is 8.33. The highest BCUT2D eigenvalue weighted by atomic mass is 19.4. The molecule has 0 atom stereocenters. The highest BCUT2D eigenvalue weighted by Crippen LogP contribution is 2.43. The molecule has 0 saturated carbocycles. The number of halogens is 3. The second kappa shape index (κ2) is 14.8. The van der Waals surface area contributed by atoms with Crippen LogP contribution in [-0.4, -0.2) is 4.57 Å². The highest BCUT2D eigenvalue weighted by Gasteiger charge is 2.34. The van der Waals surface area contributed by atoms with Gasteiger partial charge in [0.05, 0.1) is 22.3 Å². The van der Waals surface area contributed by atoms with Crippen LogP contribution < -0.4 is 0 Å². The van der Waals surface area contributed by atoms with Crippen molar-refractivity contribution < 1.29 is 13.2 Å². The summed E-state index contributed by atoms with van der Waals surface area (Å²) in [6, 6.07) is 72.6. The lowest BCUT2D eigenvalue weighted by atomic mass is 9.92. The van der Waals surface area contributed by atoms with E-state index in [1.54, 1.807) is 16.7 Å². The lowest BCUT2D eigenvalue weighted by Gasteiger charge is -2.16. The number of para-hydroxylation sites is 1. The molecular weight excluding hydrogens is 732 g/mol. The maximum absolute atomic E-state index is 14.7. The molecule has 0 amide bonds. The first-order chi connectivity index (χ1) is 28.9. The Kier molecular flexibility index (Phi) is 9.03. The number of hydrogen-bond donors (Lipinski definition) is 0. The Morgan fingerprint density at radius 3 is 0.915 bits per heavy atom. The molecular formula is C55H36F3N. The Hall–Kier alpha value is -7.43. The fraction of sp³-hybridized carbons (Fsp3) is 0.0182. The summed E-state index contributed by atoms with van der Waals surface area (Å²) in [5.41, 5.74) is 13.5. The van der Waals surface area contributed by atoms with E-state index in [2.05, 4.69) is 97.1 Å². The monoisotopic (exact) mass is 767 g/mol. The van der Waals surface area contributed by atoms with Crippen LogP contribution in [0.1, 0.15) is 5.56 Å². The molecule has 1 aromatic heterocycles. The van der Waals surface area contributed by atoms with Gasteiger partial charge in [-0.25, -0.2) is 0 Å². The van der Waals surface area contributed by atoms with E-state index in [0.717, 1.165) is 83.6 Å². The summed E-state index contributed by atoms with van der Waals surface area (Å²) in [6.45, 7) is 0. The van der Waals surface area contributed by atoms with Gasteiger partial charge in [-0.05, 0) is 140 Å². The molecule has 0 unspecified atom stereocenters. The molecule has 0 fully saturated rings. The topological polar surface area (TPSA) is 4.93 Å². The van der Waals surface area contributed by atoms with Gasteiger partial charge in [-0.3, -0.25) is 0 Å². The van der Waals surface area contributed by atoms with E-state index < -0.39 is 11.7 Å². The first-order valence-corrected chi connectivity index (χ1v) is 19.6. The van der Waals surface area contributed by atoms with Gasteiger partial charge in [0.15, 0.2) is 0 Å². The molecule has 1 nitrogen and oxygen atoms in total. The Bertz CT molecular complexity index is 2810. The van der Waals surface area contributed by atoms with Crippen LogP contribution in [0.25, 0.3) is 94.3 Å². The van der Waals surface area contributed by atoms with E-state index in [1.807, 2.05) is 97.1 Å². The second-order valence-corrected chi connectivity index (χ2v) is 14.9. The maximum Gasteiger partial charge on any atom is 0.418 e. The van der Waals surface area contributed by atoms with Gasteiger partial charge in [0.1, 0.15) is 0 Å². The summed E-state index contributed by atoms with van der Waals surface area (Å²) in [4.78, 5) is 0. The Morgan fingerprint density at radius 1 is 0.271 bits per heavy atom. The minimum absolute atomic E-state index is 0.0929. The minimum atomic E-state index is -4.54. The number of rotatable bonds is 7. The molecule has 0 bridgehead atoms. The largest absolute Gasteiger partial charge is 0.418 e. The zero-order chi connectivity index (χ0) is 39.9. The summed E-state index contributed by atoms with van der Waals surface area (Å²) >= 11 is 0. The summed E-state index contributed by atoms with van der Waals surface area (Å²) in [6.07, 6.45) is -4.54. The third-order valence-electron chi connectivity index (χ3n) is 11.2. The van der Waals surface area contributed by atoms with Crippen molar-refractivity contribution in [3.8, 4) is 72.4 Å². The lowest BCUT2D eigenvalue weighted by molar-refractivity contribution is -0.137. The molecule has 4 heteroatoms. The van der Waals surface area contributed by atoms with Crippen molar-refractivity contribution >= 4 is 21.8 Å². The third kappa shape index (κ3) is 6.89. The van der Waals surface area contributed by atoms with Gasteiger partial charge in [-0.2, -0.15) is 13.2 Å². The normalized spacial score (nSPS) is 11.6. The van der Waals surface area contributed by atoms with Gasteiger partial charge >= 0.3 is 6.18 Å². The number of hydrogen-bond acceptors (Lipinski definition) is 0. The van der Waals surface area contributed by atoms with Crippen LogP contribution in [-0.2, 0) is 6.18 Å². The average molecular weight is 768 g/mol. The smallest absolute Gasteiger partial charge is 0.309 e. The molecule has 0 spiro atoms. The number of benzene rings is 9. The molecule has 0 aliphatic carbocycles. The van der Waals surface area contributed by atoms with Crippen molar-refractivity contribution in [1.29, 1.82) is 0 Å². The predicted octanol–water partition coefficient (Wildman–Crippen LogP) is 15.8. The summed E-state index contributed by atoms with van der Waals surface area (Å²) in [5.74, 6) is 0. The first-order valence-electron chi connectivity index (χ1n) is 19.6. The van der Waals surface area contributed by atoms with Crippen LogP contribution in [0.15, 0.2) is 218 Å². The third-order valence-corrected chi connectivity index (χ3v) is 11.2. The second-order valence-electron chi connectivity index (χ2n) is 14.9. The average Bonchev–Trinajstić information content (AvgIpc) is 3.62. The van der Waals surface area contributed by atoms with Gasteiger partial charge in [-0.1, -0.05) is 146 Å². The minimum Gasteiger partial charge on any atom is -0.309 e. The van der Waals surface area contributed by atoms with Crippen molar-refractivity contribution in [2.75, 3.05) is 0 Å². The zero-order valence-corrected chi connectivity index (χ0v) is 31.9. The summed E-state index contributed by atoms with van der Waals surface area (Å²) < 4.78 is 45.9. The van der Waals surface area contributed by atoms with Gasteiger partial charge < -0.3 is 4.57 Å². The van der Waals surface area contributed by atoms with Gasteiger partial charge in [0, 0.05) is 10.8 Å². The van der Waals surface area contributed by atoms with Crippen LogP contribution in [0.4, 0.5) is 13.2 Å². The summed E-state index contributed by atoms with van der Waals surface area (Å²) in [7, 11) is 0. The highest BCUT2D eigenvalue weighted by molar-refractivity contribution is 6.12. The van der Waals surface area contributed by atoms with E-state index in [9.17, 15) is 13.2 Å². The van der Waals surface area contributed by atoms with E-state index >= 15 is 0 Å². The Balaban J connectivity index is 1.22. The number of nitrogens with zero attached hydrogens (tertiary/aromatic N) is 1. The quantitative estimate of drug-likeness (QED) is 0.152. The van der Waals surface area contributed by atoms with Crippen LogP contribution in [0.2, 0.25) is 0 Å². The van der Waals surface area contributed by atoms with Crippen molar-refractivity contribution in [1.82, 2.24) is 4.57 Å². The SMILES string of the molecule is FC(F)(F)c1ccccc1-n1c2ccc(-c3cc(-c4ccccc4)cc(-c4ccccc4)c3)cc2c2cc(-c3cc(-c4ccccc4)cc(-c4ccccc4)c3)ccc21.